The van der Waals surface area contributed by atoms with Crippen molar-refractivity contribution in [2.75, 3.05) is 39.6 Å². The van der Waals surface area contributed by atoms with Gasteiger partial charge in [0.25, 0.3) is 0 Å². The van der Waals surface area contributed by atoms with E-state index in [4.69, 9.17) is 19.3 Å². The molecule has 6 nitrogen and oxygen atoms in total. The van der Waals surface area contributed by atoms with E-state index in [0.29, 0.717) is 30.7 Å². The first-order valence-electron chi connectivity index (χ1n) is 11.4. The molecule has 2 saturated carbocycles. The van der Waals surface area contributed by atoms with Crippen LogP contribution in [-0.4, -0.2) is 67.8 Å². The molecule has 0 aromatic carbocycles. The van der Waals surface area contributed by atoms with Gasteiger partial charge in [0.1, 0.15) is 6.79 Å². The first kappa shape index (κ1) is 21.3. The van der Waals surface area contributed by atoms with Crippen LogP contribution in [0.4, 0.5) is 0 Å². The zero-order chi connectivity index (χ0) is 20.4. The molecule has 0 bridgehead atoms. The highest BCUT2D eigenvalue weighted by Gasteiger charge is 2.53. The number of fused-ring (bicyclic) bond motifs is 3. The molecule has 164 valence electrons. The molecule has 0 radical (unpaired) electrons. The Morgan fingerprint density at radius 2 is 2.10 bits per heavy atom. The first-order valence-corrected chi connectivity index (χ1v) is 11.4. The molecule has 6 heteroatoms. The number of ether oxygens (including phenoxy) is 3. The number of hydrogen-bond donors (Lipinski definition) is 1. The molecular formula is C23H37NO5. The van der Waals surface area contributed by atoms with Crippen LogP contribution in [-0.2, 0) is 19.0 Å². The van der Waals surface area contributed by atoms with E-state index >= 15 is 0 Å². The molecule has 0 aromatic rings. The smallest absolute Gasteiger partial charge is 0.317 e. The van der Waals surface area contributed by atoms with Crippen LogP contribution in [0.5, 0.6) is 0 Å². The Bertz CT molecular complexity index is 602. The quantitative estimate of drug-likeness (QED) is 0.682. The number of nitrogens with zero attached hydrogens (tertiary/aromatic N) is 1. The van der Waals surface area contributed by atoms with Crippen LogP contribution in [0.15, 0.2) is 12.2 Å². The molecule has 2 saturated heterocycles. The third-order valence-electron chi connectivity index (χ3n) is 8.20. The van der Waals surface area contributed by atoms with Gasteiger partial charge in [-0.3, -0.25) is 9.69 Å². The second-order valence-electron chi connectivity index (χ2n) is 9.79. The van der Waals surface area contributed by atoms with Crippen LogP contribution < -0.4 is 0 Å². The monoisotopic (exact) mass is 407 g/mol. The molecule has 0 aromatic heterocycles. The molecular weight excluding hydrogens is 370 g/mol. The zero-order valence-electron chi connectivity index (χ0n) is 17.8. The van der Waals surface area contributed by atoms with Gasteiger partial charge in [-0.05, 0) is 62.2 Å². The van der Waals surface area contributed by atoms with Crippen molar-refractivity contribution in [1.29, 1.82) is 0 Å². The van der Waals surface area contributed by atoms with Crippen LogP contribution in [0.25, 0.3) is 0 Å². The number of piperidine rings is 1. The molecule has 4 fully saturated rings. The number of aliphatic carboxylic acids is 1. The van der Waals surface area contributed by atoms with Gasteiger partial charge in [-0.25, -0.2) is 0 Å². The predicted octanol–water partition coefficient (Wildman–Crippen LogP) is 3.31. The Morgan fingerprint density at radius 3 is 2.86 bits per heavy atom. The highest BCUT2D eigenvalue weighted by Crippen LogP contribution is 2.58. The number of likely N-dealkylation sites (tertiary alicyclic amines) is 1. The maximum absolute atomic E-state index is 10.9. The number of carbonyl (C=O) groups is 1. The molecule has 2 aliphatic heterocycles. The summed E-state index contributed by atoms with van der Waals surface area (Å²) in [5.74, 6) is 0.941. The van der Waals surface area contributed by atoms with Crippen molar-refractivity contribution < 1.29 is 24.1 Å². The van der Waals surface area contributed by atoms with Crippen molar-refractivity contribution in [2.45, 2.75) is 64.1 Å². The van der Waals surface area contributed by atoms with Crippen LogP contribution in [0.3, 0.4) is 0 Å². The van der Waals surface area contributed by atoms with Crippen molar-refractivity contribution in [2.24, 2.45) is 23.2 Å². The molecule has 5 atom stereocenters. The molecule has 5 unspecified atom stereocenters. The maximum atomic E-state index is 10.9. The summed E-state index contributed by atoms with van der Waals surface area (Å²) in [6.45, 7) is 10.8. The molecule has 0 amide bonds. The lowest BCUT2D eigenvalue weighted by Crippen LogP contribution is -2.54. The fraction of sp³-hybridized carbons (Fsp3) is 0.870. The summed E-state index contributed by atoms with van der Waals surface area (Å²) in [6, 6.07) is 0. The van der Waals surface area contributed by atoms with Crippen LogP contribution in [0, 0.1) is 23.2 Å². The third-order valence-corrected chi connectivity index (χ3v) is 8.20. The normalized spacial score (nSPS) is 39.0. The van der Waals surface area contributed by atoms with Gasteiger partial charge >= 0.3 is 5.97 Å². The van der Waals surface area contributed by atoms with E-state index in [1.54, 1.807) is 0 Å². The van der Waals surface area contributed by atoms with Gasteiger partial charge in [-0.1, -0.05) is 19.1 Å². The van der Waals surface area contributed by atoms with Crippen molar-refractivity contribution in [3.63, 3.8) is 0 Å². The Hall–Kier alpha value is -0.950. The van der Waals surface area contributed by atoms with E-state index in [0.717, 1.165) is 58.4 Å². The van der Waals surface area contributed by atoms with E-state index in [-0.39, 0.29) is 18.1 Å². The Labute approximate surface area is 174 Å². The van der Waals surface area contributed by atoms with E-state index in [2.05, 4.69) is 13.5 Å². The second kappa shape index (κ2) is 9.04. The van der Waals surface area contributed by atoms with Gasteiger partial charge < -0.3 is 19.3 Å². The topological polar surface area (TPSA) is 68.2 Å². The summed E-state index contributed by atoms with van der Waals surface area (Å²) in [6.07, 6.45) is 8.19. The second-order valence-corrected chi connectivity index (χ2v) is 9.79. The van der Waals surface area contributed by atoms with E-state index in [9.17, 15) is 4.79 Å². The predicted molar refractivity (Wildman–Crippen MR) is 110 cm³/mol. The fourth-order valence-corrected chi connectivity index (χ4v) is 6.62. The summed E-state index contributed by atoms with van der Waals surface area (Å²) in [7, 11) is 0. The van der Waals surface area contributed by atoms with E-state index in [1.807, 2.05) is 4.90 Å². The fourth-order valence-electron chi connectivity index (χ4n) is 6.62. The largest absolute Gasteiger partial charge is 0.480 e. The molecule has 0 spiro atoms. The summed E-state index contributed by atoms with van der Waals surface area (Å²) in [4.78, 5) is 12.9. The van der Waals surface area contributed by atoms with Gasteiger partial charge in [-0.15, -0.1) is 0 Å². The summed E-state index contributed by atoms with van der Waals surface area (Å²) < 4.78 is 17.9. The average Bonchev–Trinajstić information content (AvgIpc) is 2.70. The summed E-state index contributed by atoms with van der Waals surface area (Å²) >= 11 is 0. The van der Waals surface area contributed by atoms with Gasteiger partial charge in [0.15, 0.2) is 0 Å². The Kier molecular flexibility index (Phi) is 6.64. The Morgan fingerprint density at radius 1 is 1.31 bits per heavy atom. The van der Waals surface area contributed by atoms with Gasteiger partial charge in [0.05, 0.1) is 25.4 Å². The van der Waals surface area contributed by atoms with E-state index < -0.39 is 5.97 Å². The summed E-state index contributed by atoms with van der Waals surface area (Å²) in [5.41, 5.74) is 1.68. The van der Waals surface area contributed by atoms with Crippen LogP contribution in [0.2, 0.25) is 0 Å². The molecule has 2 aliphatic carbocycles. The number of allylic oxidation sites excluding steroid dienone is 1. The zero-order valence-corrected chi connectivity index (χ0v) is 17.8. The van der Waals surface area contributed by atoms with Crippen molar-refractivity contribution in [3.05, 3.63) is 12.2 Å². The van der Waals surface area contributed by atoms with Gasteiger partial charge in [-0.2, -0.15) is 0 Å². The SMILES string of the molecule is C=C1CCC2C3COCOC3CCC2(C)C1CCOC1CCN(CC(=O)O)CC1. The highest BCUT2D eigenvalue weighted by atomic mass is 16.7. The molecule has 4 rings (SSSR count). The number of hydrogen-bond acceptors (Lipinski definition) is 5. The van der Waals surface area contributed by atoms with Crippen molar-refractivity contribution in [3.8, 4) is 0 Å². The minimum atomic E-state index is -0.744. The van der Waals surface area contributed by atoms with Gasteiger partial charge in [0, 0.05) is 25.6 Å². The third kappa shape index (κ3) is 4.55. The molecule has 4 aliphatic rings. The lowest BCUT2D eigenvalue weighted by molar-refractivity contribution is -0.219. The molecule has 2 heterocycles. The van der Waals surface area contributed by atoms with Crippen LogP contribution in [0.1, 0.15) is 51.9 Å². The lowest BCUT2D eigenvalue weighted by Gasteiger charge is -2.57. The standard InChI is InChI=1S/C23H37NO5/c1-16-3-4-20-18-14-27-15-29-21(18)5-9-23(20,2)19(16)8-12-28-17-6-10-24(11-7-17)13-22(25)26/h17-21H,1,3-15H2,2H3,(H,25,26). The number of rotatable bonds is 6. The summed E-state index contributed by atoms with van der Waals surface area (Å²) in [5, 5.41) is 8.94. The first-order chi connectivity index (χ1) is 14.0. The van der Waals surface area contributed by atoms with E-state index in [1.165, 1.54) is 18.4 Å². The number of carboxylic acid groups (broad SMARTS) is 1. The van der Waals surface area contributed by atoms with Gasteiger partial charge in [0.2, 0.25) is 0 Å². The van der Waals surface area contributed by atoms with Crippen LogP contribution >= 0.6 is 0 Å². The molecule has 1 N–H and O–H groups in total. The Balaban J connectivity index is 1.30. The highest BCUT2D eigenvalue weighted by molar-refractivity contribution is 5.69. The molecule has 29 heavy (non-hydrogen) atoms. The maximum Gasteiger partial charge on any atom is 0.317 e. The minimum absolute atomic E-state index is 0.143. The number of carboxylic acids is 1. The minimum Gasteiger partial charge on any atom is -0.480 e. The average molecular weight is 408 g/mol. The van der Waals surface area contributed by atoms with Crippen molar-refractivity contribution >= 4 is 5.97 Å². The lowest BCUT2D eigenvalue weighted by atomic mass is 9.50. The van der Waals surface area contributed by atoms with Crippen molar-refractivity contribution in [1.82, 2.24) is 4.90 Å².